The zero-order valence-electron chi connectivity index (χ0n) is 21.8. The molecule has 1 heterocycles. The van der Waals surface area contributed by atoms with Gasteiger partial charge < -0.3 is 19.3 Å². The van der Waals surface area contributed by atoms with Crippen molar-refractivity contribution in [3.8, 4) is 39.8 Å². The van der Waals surface area contributed by atoms with Gasteiger partial charge in [0.1, 0.15) is 29.7 Å². The van der Waals surface area contributed by atoms with E-state index < -0.39 is 12.6 Å². The van der Waals surface area contributed by atoms with E-state index in [1.807, 2.05) is 60.7 Å². The number of benzene rings is 4. The number of hydrogen-bond donors (Lipinski definition) is 1. The van der Waals surface area contributed by atoms with Crippen LogP contribution in [-0.4, -0.2) is 34.6 Å². The van der Waals surface area contributed by atoms with Crippen LogP contribution in [0, 0.1) is 5.82 Å². The van der Waals surface area contributed by atoms with E-state index in [0.717, 1.165) is 22.4 Å². The molecule has 0 fully saturated rings. The summed E-state index contributed by atoms with van der Waals surface area (Å²) in [6.45, 7) is 0.231. The van der Waals surface area contributed by atoms with Crippen LogP contribution in [0.4, 0.5) is 4.39 Å². The third-order valence-electron chi connectivity index (χ3n) is 6.26. The molecule has 5 aromatic rings. The largest absolute Gasteiger partial charge is 0.496 e. The van der Waals surface area contributed by atoms with E-state index in [-0.39, 0.29) is 5.82 Å². The second kappa shape index (κ2) is 12.2. The summed E-state index contributed by atoms with van der Waals surface area (Å²) in [5, 5.41) is 14.1. The number of methoxy groups -OCH3 is 1. The molecule has 0 aliphatic rings. The van der Waals surface area contributed by atoms with E-state index in [4.69, 9.17) is 19.3 Å². The summed E-state index contributed by atoms with van der Waals surface area (Å²) in [7, 11) is 1.61. The number of ether oxygens (including phenoxy) is 3. The topological polar surface area (TPSA) is 82.8 Å². The first-order valence-electron chi connectivity index (χ1n) is 12.6. The number of halogens is 1. The Morgan fingerprint density at radius 3 is 2.38 bits per heavy atom. The maximum absolute atomic E-state index is 13.7. The van der Waals surface area contributed by atoms with Crippen LogP contribution in [-0.2, 0) is 17.9 Å². The monoisotopic (exact) mass is 538 g/mol. The minimum absolute atomic E-state index is 0.340. The van der Waals surface area contributed by atoms with Gasteiger partial charge in [-0.15, -0.1) is 0 Å². The standard InChI is InChI=1S/C32H27FN2O5/c1-38-30-10-6-5-9-24(30)19-35-29(23-11-13-25(33)14-12-23)18-28(34-35)27-17-26(15-16-31(27)40-21-32(36)37)39-20-22-7-3-2-4-8-22/h2-18H,19-21H2,1H3,(H,36,37). The zero-order valence-corrected chi connectivity index (χ0v) is 21.8. The molecule has 40 heavy (non-hydrogen) atoms. The average Bonchev–Trinajstić information content (AvgIpc) is 3.40. The van der Waals surface area contributed by atoms with Crippen molar-refractivity contribution >= 4 is 5.97 Å². The summed E-state index contributed by atoms with van der Waals surface area (Å²) in [5.41, 5.74) is 4.52. The molecule has 0 saturated carbocycles. The Hall–Kier alpha value is -5.11. The van der Waals surface area contributed by atoms with Crippen LogP contribution in [0.25, 0.3) is 22.5 Å². The molecular weight excluding hydrogens is 511 g/mol. The molecule has 7 nitrogen and oxygen atoms in total. The van der Waals surface area contributed by atoms with Gasteiger partial charge in [0.05, 0.1) is 25.0 Å². The number of hydrogen-bond acceptors (Lipinski definition) is 5. The highest BCUT2D eigenvalue weighted by atomic mass is 19.1. The summed E-state index contributed by atoms with van der Waals surface area (Å²) >= 11 is 0. The Bertz CT molecular complexity index is 1600. The molecule has 8 heteroatoms. The Morgan fingerprint density at radius 1 is 0.875 bits per heavy atom. The van der Waals surface area contributed by atoms with Crippen LogP contribution < -0.4 is 14.2 Å². The third-order valence-corrected chi connectivity index (χ3v) is 6.26. The lowest BCUT2D eigenvalue weighted by Gasteiger charge is -2.12. The molecule has 5 rings (SSSR count). The van der Waals surface area contributed by atoms with Crippen molar-refractivity contribution in [2.45, 2.75) is 13.2 Å². The molecule has 0 unspecified atom stereocenters. The van der Waals surface area contributed by atoms with Crippen molar-refractivity contribution < 1.29 is 28.5 Å². The van der Waals surface area contributed by atoms with Crippen LogP contribution in [0.1, 0.15) is 11.1 Å². The van der Waals surface area contributed by atoms with Crippen molar-refractivity contribution in [3.63, 3.8) is 0 Å². The van der Waals surface area contributed by atoms with Gasteiger partial charge >= 0.3 is 5.97 Å². The van der Waals surface area contributed by atoms with Crippen molar-refractivity contribution in [2.75, 3.05) is 13.7 Å². The highest BCUT2D eigenvalue weighted by molar-refractivity contribution is 5.75. The van der Waals surface area contributed by atoms with E-state index >= 15 is 0 Å². The number of nitrogens with zero attached hydrogens (tertiary/aromatic N) is 2. The predicted octanol–water partition coefficient (Wildman–Crippen LogP) is 6.46. The molecule has 0 spiro atoms. The second-order valence-electron chi connectivity index (χ2n) is 9.01. The van der Waals surface area contributed by atoms with Gasteiger partial charge in [0, 0.05) is 16.7 Å². The molecule has 0 aliphatic heterocycles. The summed E-state index contributed by atoms with van der Waals surface area (Å²) < 4.78 is 32.7. The molecule has 4 aromatic carbocycles. The van der Waals surface area contributed by atoms with Gasteiger partial charge in [0.2, 0.25) is 0 Å². The number of carbonyl (C=O) groups is 1. The molecular formula is C32H27FN2O5. The van der Waals surface area contributed by atoms with Crippen molar-refractivity contribution in [1.82, 2.24) is 9.78 Å². The summed E-state index contributed by atoms with van der Waals surface area (Å²) in [4.78, 5) is 11.3. The fourth-order valence-corrected chi connectivity index (χ4v) is 4.32. The van der Waals surface area contributed by atoms with Gasteiger partial charge in [-0.1, -0.05) is 48.5 Å². The fraction of sp³-hybridized carbons (Fsp3) is 0.125. The summed E-state index contributed by atoms with van der Waals surface area (Å²) in [5.74, 6) is 0.203. The van der Waals surface area contributed by atoms with E-state index in [1.54, 1.807) is 42.1 Å². The maximum atomic E-state index is 13.7. The zero-order chi connectivity index (χ0) is 27.9. The second-order valence-corrected chi connectivity index (χ2v) is 9.01. The number of rotatable bonds is 11. The highest BCUT2D eigenvalue weighted by Crippen LogP contribution is 2.36. The molecule has 0 amide bonds. The number of carboxylic acid groups (broad SMARTS) is 1. The number of carboxylic acids is 1. The van der Waals surface area contributed by atoms with Crippen LogP contribution in [0.3, 0.4) is 0 Å². The van der Waals surface area contributed by atoms with E-state index in [9.17, 15) is 14.3 Å². The van der Waals surface area contributed by atoms with Crippen LogP contribution in [0.5, 0.6) is 17.2 Å². The Morgan fingerprint density at radius 2 is 1.62 bits per heavy atom. The first kappa shape index (κ1) is 26.5. The van der Waals surface area contributed by atoms with Crippen molar-refractivity contribution in [2.24, 2.45) is 0 Å². The molecule has 0 aliphatic carbocycles. The Labute approximate surface area is 231 Å². The van der Waals surface area contributed by atoms with Gasteiger partial charge in [-0.05, 0) is 60.2 Å². The lowest BCUT2D eigenvalue weighted by molar-refractivity contribution is -0.139. The van der Waals surface area contributed by atoms with Crippen molar-refractivity contribution in [1.29, 1.82) is 0 Å². The first-order chi connectivity index (χ1) is 19.5. The van der Waals surface area contributed by atoms with Crippen molar-refractivity contribution in [3.05, 3.63) is 120 Å². The molecule has 202 valence electrons. The lowest BCUT2D eigenvalue weighted by Crippen LogP contribution is -2.10. The van der Waals surface area contributed by atoms with E-state index in [1.165, 1.54) is 12.1 Å². The van der Waals surface area contributed by atoms with E-state index in [0.29, 0.717) is 41.7 Å². The van der Waals surface area contributed by atoms with Gasteiger partial charge in [-0.3, -0.25) is 4.68 Å². The molecule has 0 saturated heterocycles. The van der Waals surface area contributed by atoms with Gasteiger partial charge in [0.15, 0.2) is 6.61 Å². The first-order valence-corrected chi connectivity index (χ1v) is 12.6. The number of para-hydroxylation sites is 1. The molecule has 0 atom stereocenters. The molecule has 1 aromatic heterocycles. The summed E-state index contributed by atoms with van der Waals surface area (Å²) in [6, 6.07) is 30.7. The predicted molar refractivity (Wildman–Crippen MR) is 149 cm³/mol. The quantitative estimate of drug-likeness (QED) is 0.208. The molecule has 0 bridgehead atoms. The van der Waals surface area contributed by atoms with E-state index in [2.05, 4.69) is 0 Å². The summed E-state index contributed by atoms with van der Waals surface area (Å²) in [6.07, 6.45) is 0. The van der Waals surface area contributed by atoms with Crippen LogP contribution in [0.15, 0.2) is 103 Å². The molecule has 1 N–H and O–H groups in total. The highest BCUT2D eigenvalue weighted by Gasteiger charge is 2.18. The lowest BCUT2D eigenvalue weighted by atomic mass is 10.1. The average molecular weight is 539 g/mol. The normalized spacial score (nSPS) is 10.8. The fourth-order valence-electron chi connectivity index (χ4n) is 4.32. The number of aromatic nitrogens is 2. The van der Waals surface area contributed by atoms with Crippen LogP contribution in [0.2, 0.25) is 0 Å². The SMILES string of the molecule is COc1ccccc1Cn1nc(-c2cc(OCc3ccccc3)ccc2OCC(=O)O)cc1-c1ccc(F)cc1. The van der Waals surface area contributed by atoms with Gasteiger partial charge in [0.25, 0.3) is 0 Å². The van der Waals surface area contributed by atoms with Gasteiger partial charge in [-0.25, -0.2) is 9.18 Å². The molecule has 0 radical (unpaired) electrons. The number of aliphatic carboxylic acids is 1. The minimum Gasteiger partial charge on any atom is -0.496 e. The maximum Gasteiger partial charge on any atom is 0.341 e. The Balaban J connectivity index is 1.57. The minimum atomic E-state index is -1.09. The third kappa shape index (κ3) is 6.30. The van der Waals surface area contributed by atoms with Crippen LogP contribution >= 0.6 is 0 Å². The Kier molecular flexibility index (Phi) is 8.06. The van der Waals surface area contributed by atoms with Gasteiger partial charge in [-0.2, -0.15) is 5.10 Å². The smallest absolute Gasteiger partial charge is 0.341 e.